The normalized spacial score (nSPS) is 23.3. The number of imidazole rings is 1. The molecule has 1 aliphatic rings. The molecule has 2 heterocycles. The summed E-state index contributed by atoms with van der Waals surface area (Å²) in [4.78, 5) is 4.73. The Hall–Kier alpha value is -1.39. The number of aromatic nitrogens is 2. The quantitative estimate of drug-likeness (QED) is 0.916. The van der Waals surface area contributed by atoms with Crippen molar-refractivity contribution in [2.75, 3.05) is 6.61 Å². The first-order valence-corrected chi connectivity index (χ1v) is 7.08. The van der Waals surface area contributed by atoms with E-state index in [2.05, 4.69) is 41.9 Å². The highest BCUT2D eigenvalue weighted by Gasteiger charge is 2.24. The lowest BCUT2D eigenvalue weighted by Gasteiger charge is -2.16. The zero-order valence-electron chi connectivity index (χ0n) is 11.6. The molecule has 0 amide bonds. The van der Waals surface area contributed by atoms with Gasteiger partial charge in [-0.1, -0.05) is 12.1 Å². The van der Waals surface area contributed by atoms with E-state index in [1.807, 2.05) is 6.07 Å². The predicted molar refractivity (Wildman–Crippen MR) is 76.1 cm³/mol. The molecule has 102 valence electrons. The van der Waals surface area contributed by atoms with Crippen LogP contribution < -0.4 is 5.32 Å². The maximum Gasteiger partial charge on any atom is 0.123 e. The zero-order valence-corrected chi connectivity index (χ0v) is 11.6. The summed E-state index contributed by atoms with van der Waals surface area (Å²) in [5.74, 6) is 1.11. The van der Waals surface area contributed by atoms with Gasteiger partial charge in [0, 0.05) is 19.2 Å². The molecule has 3 rings (SSSR count). The van der Waals surface area contributed by atoms with Gasteiger partial charge in [-0.15, -0.1) is 0 Å². The molecule has 0 aliphatic carbocycles. The lowest BCUT2D eigenvalue weighted by molar-refractivity contribution is 0.113. The molecular weight excluding hydrogens is 238 g/mol. The number of hydrogen-bond acceptors (Lipinski definition) is 3. The van der Waals surface area contributed by atoms with Gasteiger partial charge >= 0.3 is 0 Å². The molecule has 0 spiro atoms. The van der Waals surface area contributed by atoms with E-state index in [1.165, 1.54) is 5.52 Å². The van der Waals surface area contributed by atoms with E-state index in [0.717, 1.165) is 37.5 Å². The van der Waals surface area contributed by atoms with Crippen LogP contribution in [0.2, 0.25) is 0 Å². The second-order valence-corrected chi connectivity index (χ2v) is 5.11. The largest absolute Gasteiger partial charge is 0.377 e. The second-order valence-electron chi connectivity index (χ2n) is 5.11. The van der Waals surface area contributed by atoms with Crippen LogP contribution in [0.1, 0.15) is 26.1 Å². The van der Waals surface area contributed by atoms with Gasteiger partial charge in [0.1, 0.15) is 5.82 Å². The van der Waals surface area contributed by atoms with Crippen LogP contribution in [-0.4, -0.2) is 28.3 Å². The molecule has 1 N–H and O–H groups in total. The average Bonchev–Trinajstić information content (AvgIpc) is 2.99. The number of benzene rings is 1. The first-order valence-electron chi connectivity index (χ1n) is 7.08. The number of nitrogens with zero attached hydrogens (tertiary/aromatic N) is 2. The zero-order chi connectivity index (χ0) is 13.2. The molecule has 0 saturated carbocycles. The van der Waals surface area contributed by atoms with Crippen LogP contribution in [-0.2, 0) is 17.8 Å². The number of nitrogens with one attached hydrogen (secondary N) is 1. The van der Waals surface area contributed by atoms with Crippen molar-refractivity contribution >= 4 is 11.0 Å². The van der Waals surface area contributed by atoms with Crippen LogP contribution in [0.5, 0.6) is 0 Å². The molecule has 1 aliphatic heterocycles. The van der Waals surface area contributed by atoms with Gasteiger partial charge < -0.3 is 14.6 Å². The molecule has 1 fully saturated rings. The molecule has 1 aromatic heterocycles. The van der Waals surface area contributed by atoms with Gasteiger partial charge in [0.2, 0.25) is 0 Å². The van der Waals surface area contributed by atoms with Crippen LogP contribution in [0, 0.1) is 0 Å². The standard InChI is InChI=1S/C15H21N3O/c1-3-18-14-7-5-4-6-13(14)17-15(18)10-16-12-8-9-19-11(12)2/h4-7,11-12,16H,3,8-10H2,1-2H3. The summed E-state index contributed by atoms with van der Waals surface area (Å²) in [6.45, 7) is 6.92. The van der Waals surface area contributed by atoms with Crippen molar-refractivity contribution in [3.63, 3.8) is 0 Å². The summed E-state index contributed by atoms with van der Waals surface area (Å²) >= 11 is 0. The Balaban J connectivity index is 1.80. The van der Waals surface area contributed by atoms with Crippen LogP contribution in [0.3, 0.4) is 0 Å². The van der Waals surface area contributed by atoms with E-state index in [4.69, 9.17) is 9.72 Å². The van der Waals surface area contributed by atoms with E-state index in [9.17, 15) is 0 Å². The fourth-order valence-corrected chi connectivity index (χ4v) is 2.84. The molecular formula is C15H21N3O. The summed E-state index contributed by atoms with van der Waals surface area (Å²) in [5.41, 5.74) is 2.30. The van der Waals surface area contributed by atoms with E-state index >= 15 is 0 Å². The number of rotatable bonds is 4. The fraction of sp³-hybridized carbons (Fsp3) is 0.533. The molecule has 1 aromatic carbocycles. The van der Waals surface area contributed by atoms with Crippen molar-refractivity contribution in [2.24, 2.45) is 0 Å². The van der Waals surface area contributed by atoms with Crippen molar-refractivity contribution in [1.29, 1.82) is 0 Å². The van der Waals surface area contributed by atoms with Crippen LogP contribution in [0.4, 0.5) is 0 Å². The summed E-state index contributed by atoms with van der Waals surface area (Å²) in [7, 11) is 0. The highest BCUT2D eigenvalue weighted by atomic mass is 16.5. The highest BCUT2D eigenvalue weighted by Crippen LogP contribution is 2.17. The predicted octanol–water partition coefficient (Wildman–Crippen LogP) is 2.32. The van der Waals surface area contributed by atoms with Crippen LogP contribution in [0.15, 0.2) is 24.3 Å². The molecule has 2 aromatic rings. The number of fused-ring (bicyclic) bond motifs is 1. The van der Waals surface area contributed by atoms with Gasteiger partial charge in [-0.05, 0) is 32.4 Å². The number of aryl methyl sites for hydroxylation is 1. The van der Waals surface area contributed by atoms with Gasteiger partial charge in [-0.3, -0.25) is 0 Å². The van der Waals surface area contributed by atoms with E-state index in [0.29, 0.717) is 12.1 Å². The monoisotopic (exact) mass is 259 g/mol. The van der Waals surface area contributed by atoms with Gasteiger partial charge in [-0.2, -0.15) is 0 Å². The minimum Gasteiger partial charge on any atom is -0.377 e. The third-order valence-corrected chi connectivity index (χ3v) is 3.95. The molecule has 4 heteroatoms. The van der Waals surface area contributed by atoms with Crippen molar-refractivity contribution in [2.45, 2.75) is 45.5 Å². The Morgan fingerprint density at radius 1 is 1.42 bits per heavy atom. The maximum absolute atomic E-state index is 5.58. The molecule has 1 saturated heterocycles. The van der Waals surface area contributed by atoms with E-state index in [1.54, 1.807) is 0 Å². The minimum atomic E-state index is 0.305. The molecule has 2 unspecified atom stereocenters. The second kappa shape index (κ2) is 5.31. The molecule has 4 nitrogen and oxygen atoms in total. The Morgan fingerprint density at radius 2 is 2.26 bits per heavy atom. The number of ether oxygens (including phenoxy) is 1. The average molecular weight is 259 g/mol. The number of hydrogen-bond donors (Lipinski definition) is 1. The summed E-state index contributed by atoms with van der Waals surface area (Å²) in [6, 6.07) is 8.77. The van der Waals surface area contributed by atoms with Crippen molar-refractivity contribution in [3.05, 3.63) is 30.1 Å². The van der Waals surface area contributed by atoms with E-state index < -0.39 is 0 Å². The van der Waals surface area contributed by atoms with Crippen molar-refractivity contribution in [1.82, 2.24) is 14.9 Å². The summed E-state index contributed by atoms with van der Waals surface area (Å²) in [6.07, 6.45) is 1.40. The molecule has 19 heavy (non-hydrogen) atoms. The first-order chi connectivity index (χ1) is 9.29. The molecule has 0 bridgehead atoms. The highest BCUT2D eigenvalue weighted by molar-refractivity contribution is 5.75. The van der Waals surface area contributed by atoms with Gasteiger partial charge in [0.15, 0.2) is 0 Å². The van der Waals surface area contributed by atoms with Crippen molar-refractivity contribution < 1.29 is 4.74 Å². The Bertz CT molecular complexity index is 564. The van der Waals surface area contributed by atoms with Gasteiger partial charge in [-0.25, -0.2) is 4.98 Å². The Kier molecular flexibility index (Phi) is 3.53. The van der Waals surface area contributed by atoms with Crippen LogP contribution in [0.25, 0.3) is 11.0 Å². The SMILES string of the molecule is CCn1c(CNC2CCOC2C)nc2ccccc21. The van der Waals surface area contributed by atoms with Crippen LogP contribution >= 0.6 is 0 Å². The van der Waals surface area contributed by atoms with Gasteiger partial charge in [0.05, 0.1) is 23.7 Å². The number of para-hydroxylation sites is 2. The molecule has 0 radical (unpaired) electrons. The smallest absolute Gasteiger partial charge is 0.123 e. The maximum atomic E-state index is 5.58. The van der Waals surface area contributed by atoms with Crippen molar-refractivity contribution in [3.8, 4) is 0 Å². The third-order valence-electron chi connectivity index (χ3n) is 3.95. The topological polar surface area (TPSA) is 39.1 Å². The first kappa shape index (κ1) is 12.6. The Labute approximate surface area is 113 Å². The lowest BCUT2D eigenvalue weighted by Crippen LogP contribution is -2.34. The van der Waals surface area contributed by atoms with E-state index in [-0.39, 0.29) is 0 Å². The molecule has 2 atom stereocenters. The Morgan fingerprint density at radius 3 is 3.00 bits per heavy atom. The van der Waals surface area contributed by atoms with Gasteiger partial charge in [0.25, 0.3) is 0 Å². The third kappa shape index (κ3) is 2.38. The summed E-state index contributed by atoms with van der Waals surface area (Å²) in [5, 5.41) is 3.57. The summed E-state index contributed by atoms with van der Waals surface area (Å²) < 4.78 is 7.86. The fourth-order valence-electron chi connectivity index (χ4n) is 2.84. The minimum absolute atomic E-state index is 0.305. The lowest BCUT2D eigenvalue weighted by atomic mass is 10.1.